The Morgan fingerprint density at radius 3 is 2.95 bits per heavy atom. The van der Waals surface area contributed by atoms with Crippen molar-refractivity contribution >= 4 is 39.5 Å². The Kier molecular flexibility index (Phi) is 4.35. The van der Waals surface area contributed by atoms with Crippen LogP contribution in [0, 0.1) is 0 Å². The largest absolute Gasteiger partial charge is 0.382 e. The summed E-state index contributed by atoms with van der Waals surface area (Å²) in [7, 11) is 0. The topological polar surface area (TPSA) is 84.1 Å². The van der Waals surface area contributed by atoms with Crippen LogP contribution in [0.1, 0.15) is 28.2 Å². The molecular formula is C13H17N5OS2. The second kappa shape index (κ2) is 6.40. The predicted molar refractivity (Wildman–Crippen MR) is 86.1 cm³/mol. The molecule has 3 rings (SSSR count). The fourth-order valence-electron chi connectivity index (χ4n) is 2.27. The first-order chi connectivity index (χ1) is 10.2. The van der Waals surface area contributed by atoms with Crippen LogP contribution in [-0.4, -0.2) is 35.5 Å². The second-order valence-corrected chi connectivity index (χ2v) is 6.59. The third-order valence-electron chi connectivity index (χ3n) is 3.38. The van der Waals surface area contributed by atoms with E-state index in [4.69, 9.17) is 5.73 Å². The van der Waals surface area contributed by atoms with Crippen molar-refractivity contribution in [2.45, 2.75) is 19.3 Å². The molecule has 0 aliphatic carbocycles. The number of nitrogens with two attached hydrogens (primary N) is 1. The molecule has 6 nitrogen and oxygen atoms in total. The van der Waals surface area contributed by atoms with Gasteiger partial charge >= 0.3 is 0 Å². The predicted octanol–water partition coefficient (Wildman–Crippen LogP) is 1.75. The van der Waals surface area contributed by atoms with E-state index in [0.29, 0.717) is 17.2 Å². The quantitative estimate of drug-likeness (QED) is 0.876. The number of hydrogen-bond acceptors (Lipinski definition) is 7. The maximum Gasteiger partial charge on any atom is 0.265 e. The van der Waals surface area contributed by atoms with Gasteiger partial charge < -0.3 is 16.0 Å². The molecule has 0 saturated carbocycles. The zero-order chi connectivity index (χ0) is 14.7. The highest BCUT2D eigenvalue weighted by atomic mass is 32.1. The highest BCUT2D eigenvalue weighted by Crippen LogP contribution is 2.30. The summed E-state index contributed by atoms with van der Waals surface area (Å²) >= 11 is 2.93. The maximum atomic E-state index is 12.2. The third-order valence-corrected chi connectivity index (χ3v) is 5.14. The van der Waals surface area contributed by atoms with Gasteiger partial charge in [0.25, 0.3) is 5.91 Å². The van der Waals surface area contributed by atoms with Crippen LogP contribution in [0.2, 0.25) is 0 Å². The highest BCUT2D eigenvalue weighted by molar-refractivity contribution is 7.18. The van der Waals surface area contributed by atoms with Crippen LogP contribution in [-0.2, 0) is 6.42 Å². The number of aromatic nitrogens is 2. The van der Waals surface area contributed by atoms with E-state index in [2.05, 4.69) is 20.2 Å². The maximum absolute atomic E-state index is 12.2. The lowest BCUT2D eigenvalue weighted by Crippen LogP contribution is -2.25. The minimum absolute atomic E-state index is 0.148. The van der Waals surface area contributed by atoms with E-state index >= 15 is 0 Å². The second-order valence-electron chi connectivity index (χ2n) is 4.89. The Hall–Kier alpha value is -1.67. The number of thiazole rings is 2. The van der Waals surface area contributed by atoms with E-state index in [1.165, 1.54) is 24.2 Å². The molecule has 0 aromatic carbocycles. The van der Waals surface area contributed by atoms with Crippen LogP contribution in [0.3, 0.4) is 0 Å². The van der Waals surface area contributed by atoms with Crippen molar-refractivity contribution in [3.63, 3.8) is 0 Å². The van der Waals surface area contributed by atoms with Crippen molar-refractivity contribution in [1.29, 1.82) is 0 Å². The van der Waals surface area contributed by atoms with E-state index in [1.807, 2.05) is 5.38 Å². The number of amides is 1. The van der Waals surface area contributed by atoms with Crippen LogP contribution in [0.5, 0.6) is 0 Å². The molecule has 1 aliphatic heterocycles. The number of nitrogens with zero attached hydrogens (tertiary/aromatic N) is 3. The smallest absolute Gasteiger partial charge is 0.265 e. The molecule has 1 saturated heterocycles. The Morgan fingerprint density at radius 2 is 2.24 bits per heavy atom. The van der Waals surface area contributed by atoms with E-state index in [9.17, 15) is 4.79 Å². The van der Waals surface area contributed by atoms with Crippen LogP contribution in [0.4, 0.5) is 10.9 Å². The van der Waals surface area contributed by atoms with Gasteiger partial charge in [0, 0.05) is 31.4 Å². The molecule has 0 bridgehead atoms. The van der Waals surface area contributed by atoms with Crippen molar-refractivity contribution in [3.8, 4) is 0 Å². The van der Waals surface area contributed by atoms with Gasteiger partial charge in [-0.15, -0.1) is 11.3 Å². The van der Waals surface area contributed by atoms with Gasteiger partial charge in [-0.1, -0.05) is 11.3 Å². The summed E-state index contributed by atoms with van der Waals surface area (Å²) in [5, 5.41) is 5.72. The monoisotopic (exact) mass is 323 g/mol. The fourth-order valence-corrected chi connectivity index (χ4v) is 3.82. The van der Waals surface area contributed by atoms with Crippen LogP contribution < -0.4 is 16.0 Å². The molecule has 0 spiro atoms. The number of carbonyl (C=O) groups is 1. The number of nitrogen functional groups attached to an aromatic ring is 1. The van der Waals surface area contributed by atoms with Crippen LogP contribution in [0.25, 0.3) is 0 Å². The summed E-state index contributed by atoms with van der Waals surface area (Å²) in [5.74, 6) is 0.179. The van der Waals surface area contributed by atoms with Crippen LogP contribution in [0.15, 0.2) is 10.9 Å². The molecular weight excluding hydrogens is 306 g/mol. The zero-order valence-electron chi connectivity index (χ0n) is 11.5. The lowest BCUT2D eigenvalue weighted by atomic mass is 10.3. The molecule has 1 amide bonds. The van der Waals surface area contributed by atoms with E-state index in [-0.39, 0.29) is 5.91 Å². The minimum atomic E-state index is -0.148. The van der Waals surface area contributed by atoms with E-state index in [0.717, 1.165) is 30.3 Å². The Labute approximate surface area is 131 Å². The zero-order valence-corrected chi connectivity index (χ0v) is 13.2. The van der Waals surface area contributed by atoms with Crippen molar-refractivity contribution in [2.24, 2.45) is 0 Å². The highest BCUT2D eigenvalue weighted by Gasteiger charge is 2.21. The first-order valence-electron chi connectivity index (χ1n) is 6.90. The lowest BCUT2D eigenvalue weighted by molar-refractivity contribution is 0.0959. The summed E-state index contributed by atoms with van der Waals surface area (Å²) in [5.41, 5.74) is 8.67. The van der Waals surface area contributed by atoms with Gasteiger partial charge in [-0.2, -0.15) is 0 Å². The molecule has 0 atom stereocenters. The minimum Gasteiger partial charge on any atom is -0.382 e. The third kappa shape index (κ3) is 3.33. The molecule has 112 valence electrons. The first-order valence-corrected chi connectivity index (χ1v) is 8.66. The summed E-state index contributed by atoms with van der Waals surface area (Å²) in [6.45, 7) is 2.55. The summed E-state index contributed by atoms with van der Waals surface area (Å²) in [6.07, 6.45) is 3.08. The van der Waals surface area contributed by atoms with Gasteiger partial charge in [0.05, 0.1) is 11.2 Å². The number of hydrogen-bond donors (Lipinski definition) is 2. The van der Waals surface area contributed by atoms with Gasteiger partial charge in [-0.3, -0.25) is 4.79 Å². The van der Waals surface area contributed by atoms with Crippen molar-refractivity contribution in [1.82, 2.24) is 15.3 Å². The standard InChI is InChI=1S/C13H17N5OS2/c14-11-10(21-13(17-11)18-5-1-2-6-18)12(19)15-4-3-9-7-20-8-16-9/h7-8H,1-6,14H2,(H,15,19). The summed E-state index contributed by atoms with van der Waals surface area (Å²) < 4.78 is 0. The first kappa shape index (κ1) is 14.3. The van der Waals surface area contributed by atoms with Crippen LogP contribution >= 0.6 is 22.7 Å². The van der Waals surface area contributed by atoms with Crippen molar-refractivity contribution < 1.29 is 4.79 Å². The summed E-state index contributed by atoms with van der Waals surface area (Å²) in [6, 6.07) is 0. The van der Waals surface area contributed by atoms with E-state index < -0.39 is 0 Å². The Morgan fingerprint density at radius 1 is 1.43 bits per heavy atom. The van der Waals surface area contributed by atoms with Crippen molar-refractivity contribution in [3.05, 3.63) is 21.5 Å². The molecule has 1 aliphatic rings. The number of anilines is 2. The molecule has 3 N–H and O–H groups in total. The van der Waals surface area contributed by atoms with Crippen molar-refractivity contribution in [2.75, 3.05) is 30.3 Å². The molecule has 0 unspecified atom stereocenters. The SMILES string of the molecule is Nc1nc(N2CCCC2)sc1C(=O)NCCc1cscn1. The Balaban J connectivity index is 1.58. The molecule has 8 heteroatoms. The van der Waals surface area contributed by atoms with Gasteiger partial charge in [0.1, 0.15) is 10.7 Å². The molecule has 3 heterocycles. The molecule has 0 radical (unpaired) electrons. The fraction of sp³-hybridized carbons (Fsp3) is 0.462. The normalized spacial score (nSPS) is 14.6. The van der Waals surface area contributed by atoms with E-state index in [1.54, 1.807) is 16.8 Å². The molecule has 1 fully saturated rings. The Bertz CT molecular complexity index is 604. The average molecular weight is 323 g/mol. The number of carbonyl (C=O) groups excluding carboxylic acids is 1. The molecule has 21 heavy (non-hydrogen) atoms. The lowest BCUT2D eigenvalue weighted by Gasteiger charge is -2.11. The van der Waals surface area contributed by atoms with Gasteiger partial charge in [-0.25, -0.2) is 9.97 Å². The molecule has 2 aromatic rings. The summed E-state index contributed by atoms with van der Waals surface area (Å²) in [4.78, 5) is 23.4. The van der Waals surface area contributed by atoms with Gasteiger partial charge in [0.2, 0.25) is 0 Å². The average Bonchev–Trinajstić information content (AvgIpc) is 3.19. The van der Waals surface area contributed by atoms with Gasteiger partial charge in [-0.05, 0) is 12.8 Å². The van der Waals surface area contributed by atoms with Gasteiger partial charge in [0.15, 0.2) is 5.13 Å². The number of nitrogens with one attached hydrogen (secondary N) is 1. The molecule has 2 aromatic heterocycles. The number of rotatable bonds is 5.